The number of carbonyl (C=O) groups excluding carboxylic acids is 1. The lowest BCUT2D eigenvalue weighted by Crippen LogP contribution is -2.17. The average molecular weight is 362 g/mol. The molecule has 2 aromatic carbocycles. The highest BCUT2D eigenvalue weighted by Gasteiger charge is 2.28. The molecule has 2 aromatic rings. The van der Waals surface area contributed by atoms with Gasteiger partial charge < -0.3 is 4.74 Å². The molecule has 0 spiro atoms. The summed E-state index contributed by atoms with van der Waals surface area (Å²) in [6.45, 7) is 0. The predicted molar refractivity (Wildman–Crippen MR) is 84.2 cm³/mol. The molecule has 0 aromatic heterocycles. The minimum Gasteiger partial charge on any atom is -0.401 e. The van der Waals surface area contributed by atoms with Crippen LogP contribution < -0.4 is 10.1 Å². The summed E-state index contributed by atoms with van der Waals surface area (Å²) < 4.78 is 4.91. The van der Waals surface area contributed by atoms with E-state index in [-0.39, 0.29) is 15.1 Å². The standard InChI is InChI=1S/C13H7Cl3N2O4/c14-8-6-9(15)12(11(10(8)16)18(20)21)22-13(19)17-7-4-2-1-3-5-7/h1-6H,(H,17,19). The second kappa shape index (κ2) is 6.83. The van der Waals surface area contributed by atoms with E-state index in [1.807, 2.05) is 0 Å². The van der Waals surface area contributed by atoms with Crippen molar-refractivity contribution in [3.63, 3.8) is 0 Å². The lowest BCUT2D eigenvalue weighted by Gasteiger charge is -2.10. The molecule has 22 heavy (non-hydrogen) atoms. The van der Waals surface area contributed by atoms with E-state index in [4.69, 9.17) is 39.5 Å². The van der Waals surface area contributed by atoms with Crippen molar-refractivity contribution in [1.29, 1.82) is 0 Å². The molecule has 0 aliphatic heterocycles. The highest BCUT2D eigenvalue weighted by atomic mass is 35.5. The van der Waals surface area contributed by atoms with Gasteiger partial charge in [-0.2, -0.15) is 0 Å². The fourth-order valence-corrected chi connectivity index (χ4v) is 2.28. The van der Waals surface area contributed by atoms with Crippen LogP contribution in [0.1, 0.15) is 0 Å². The van der Waals surface area contributed by atoms with Crippen LogP contribution in [0, 0.1) is 10.1 Å². The van der Waals surface area contributed by atoms with E-state index >= 15 is 0 Å². The van der Waals surface area contributed by atoms with Crippen molar-refractivity contribution in [2.75, 3.05) is 5.32 Å². The molecule has 1 N–H and O–H groups in total. The maximum absolute atomic E-state index is 11.8. The van der Waals surface area contributed by atoms with Crippen LogP contribution in [0.2, 0.25) is 15.1 Å². The normalized spacial score (nSPS) is 10.1. The number of hydrogen-bond donors (Lipinski definition) is 1. The van der Waals surface area contributed by atoms with Crippen molar-refractivity contribution in [3.05, 3.63) is 61.6 Å². The first-order chi connectivity index (χ1) is 10.4. The monoisotopic (exact) mass is 360 g/mol. The molecule has 0 unspecified atom stereocenters. The van der Waals surface area contributed by atoms with Gasteiger partial charge in [0.15, 0.2) is 0 Å². The fourth-order valence-electron chi connectivity index (χ4n) is 1.58. The number of ether oxygens (including phenoxy) is 1. The number of carbonyl (C=O) groups is 1. The van der Waals surface area contributed by atoms with Crippen molar-refractivity contribution >= 4 is 52.3 Å². The minimum atomic E-state index is -0.949. The average Bonchev–Trinajstić information content (AvgIpc) is 2.45. The first-order valence-corrected chi connectivity index (χ1v) is 6.89. The number of para-hydroxylation sites is 1. The molecule has 114 valence electrons. The summed E-state index contributed by atoms with van der Waals surface area (Å²) in [6, 6.07) is 9.55. The third kappa shape index (κ3) is 3.59. The Morgan fingerprint density at radius 1 is 1.14 bits per heavy atom. The van der Waals surface area contributed by atoms with Crippen LogP contribution in [0.15, 0.2) is 36.4 Å². The lowest BCUT2D eigenvalue weighted by molar-refractivity contribution is -0.385. The molecule has 6 nitrogen and oxygen atoms in total. The number of hydrogen-bond acceptors (Lipinski definition) is 4. The third-order valence-corrected chi connectivity index (χ3v) is 3.56. The zero-order valence-electron chi connectivity index (χ0n) is 10.7. The number of nitro groups is 1. The Morgan fingerprint density at radius 3 is 2.36 bits per heavy atom. The van der Waals surface area contributed by atoms with Gasteiger partial charge in [0.05, 0.1) is 15.0 Å². The highest BCUT2D eigenvalue weighted by Crippen LogP contribution is 2.44. The van der Waals surface area contributed by atoms with Gasteiger partial charge in [-0.3, -0.25) is 15.4 Å². The summed E-state index contributed by atoms with van der Waals surface area (Å²) in [4.78, 5) is 22.1. The van der Waals surface area contributed by atoms with Gasteiger partial charge in [0.25, 0.3) is 0 Å². The van der Waals surface area contributed by atoms with Crippen molar-refractivity contribution < 1.29 is 14.5 Å². The number of halogens is 3. The highest BCUT2D eigenvalue weighted by molar-refractivity contribution is 6.45. The molecular formula is C13H7Cl3N2O4. The summed E-state index contributed by atoms with van der Waals surface area (Å²) >= 11 is 17.3. The van der Waals surface area contributed by atoms with Gasteiger partial charge in [0.1, 0.15) is 5.02 Å². The SMILES string of the molecule is O=C(Nc1ccccc1)Oc1c(Cl)cc(Cl)c(Cl)c1[N+](=O)[O-]. The van der Waals surface area contributed by atoms with Crippen LogP contribution in [0.4, 0.5) is 16.2 Å². The smallest absolute Gasteiger partial charge is 0.401 e. The van der Waals surface area contributed by atoms with Crippen LogP contribution in [0.5, 0.6) is 5.75 Å². The van der Waals surface area contributed by atoms with Gasteiger partial charge in [-0.05, 0) is 18.2 Å². The van der Waals surface area contributed by atoms with Crippen LogP contribution in [0.25, 0.3) is 0 Å². The second-order valence-corrected chi connectivity index (χ2v) is 5.16. The number of amides is 1. The summed E-state index contributed by atoms with van der Waals surface area (Å²) in [5, 5.41) is 12.8. The van der Waals surface area contributed by atoms with Crippen LogP contribution in [-0.2, 0) is 0 Å². The summed E-state index contributed by atoms with van der Waals surface area (Å²) in [7, 11) is 0. The first kappa shape index (κ1) is 16.4. The zero-order valence-corrected chi connectivity index (χ0v) is 12.9. The Kier molecular flexibility index (Phi) is 5.07. The third-order valence-electron chi connectivity index (χ3n) is 2.50. The summed E-state index contributed by atoms with van der Waals surface area (Å²) in [6.07, 6.45) is -0.949. The Bertz CT molecular complexity index is 738. The van der Waals surface area contributed by atoms with E-state index in [2.05, 4.69) is 5.32 Å². The fraction of sp³-hybridized carbons (Fsp3) is 0. The maximum Gasteiger partial charge on any atom is 0.417 e. The molecule has 0 heterocycles. The summed E-state index contributed by atoms with van der Waals surface area (Å²) in [5.41, 5.74) is -0.228. The Labute approximate surface area is 139 Å². The van der Waals surface area contributed by atoms with Gasteiger partial charge in [-0.1, -0.05) is 53.0 Å². The number of benzene rings is 2. The van der Waals surface area contributed by atoms with Crippen molar-refractivity contribution in [1.82, 2.24) is 0 Å². The molecule has 2 rings (SSSR count). The Hall–Kier alpha value is -2.02. The maximum atomic E-state index is 11.8. The molecule has 0 saturated heterocycles. The molecule has 9 heteroatoms. The predicted octanol–water partition coefficient (Wildman–Crippen LogP) is 5.17. The molecule has 0 bridgehead atoms. The van der Waals surface area contributed by atoms with Gasteiger partial charge in [0, 0.05) is 5.69 Å². The second-order valence-electron chi connectivity index (χ2n) is 3.97. The number of nitrogens with zero attached hydrogens (tertiary/aromatic N) is 1. The Morgan fingerprint density at radius 2 is 1.77 bits per heavy atom. The number of anilines is 1. The molecule has 0 aliphatic rings. The van der Waals surface area contributed by atoms with Gasteiger partial charge in [-0.15, -0.1) is 0 Å². The zero-order chi connectivity index (χ0) is 16.3. The van der Waals surface area contributed by atoms with Crippen molar-refractivity contribution in [3.8, 4) is 5.75 Å². The molecule has 0 aliphatic carbocycles. The van der Waals surface area contributed by atoms with Crippen molar-refractivity contribution in [2.45, 2.75) is 0 Å². The van der Waals surface area contributed by atoms with Crippen LogP contribution >= 0.6 is 34.8 Å². The lowest BCUT2D eigenvalue weighted by atomic mass is 10.3. The number of rotatable bonds is 3. The molecular weight excluding hydrogens is 355 g/mol. The molecule has 0 radical (unpaired) electrons. The van der Waals surface area contributed by atoms with Gasteiger partial charge in [0.2, 0.25) is 5.75 Å². The van der Waals surface area contributed by atoms with Gasteiger partial charge in [-0.25, -0.2) is 4.79 Å². The minimum absolute atomic E-state index is 0.116. The van der Waals surface area contributed by atoms with E-state index in [1.54, 1.807) is 30.3 Å². The summed E-state index contributed by atoms with van der Waals surface area (Å²) in [5.74, 6) is -0.477. The first-order valence-electron chi connectivity index (χ1n) is 5.76. The van der Waals surface area contributed by atoms with E-state index < -0.39 is 22.5 Å². The molecule has 1 amide bonds. The number of nitro benzene ring substituents is 1. The van der Waals surface area contributed by atoms with E-state index in [0.29, 0.717) is 5.69 Å². The topological polar surface area (TPSA) is 81.5 Å². The van der Waals surface area contributed by atoms with E-state index in [1.165, 1.54) is 0 Å². The van der Waals surface area contributed by atoms with Gasteiger partial charge >= 0.3 is 11.8 Å². The Balaban J connectivity index is 2.31. The molecule has 0 fully saturated rings. The van der Waals surface area contributed by atoms with Crippen molar-refractivity contribution in [2.24, 2.45) is 0 Å². The number of nitrogens with one attached hydrogen (secondary N) is 1. The van der Waals surface area contributed by atoms with E-state index in [9.17, 15) is 14.9 Å². The van der Waals surface area contributed by atoms with E-state index in [0.717, 1.165) is 6.07 Å². The van der Waals surface area contributed by atoms with Crippen LogP contribution in [-0.4, -0.2) is 11.0 Å². The molecule has 0 atom stereocenters. The largest absolute Gasteiger partial charge is 0.417 e. The molecule has 0 saturated carbocycles. The van der Waals surface area contributed by atoms with Crippen LogP contribution in [0.3, 0.4) is 0 Å². The quantitative estimate of drug-likeness (QED) is 0.465.